The Hall–Kier alpha value is 1.35. The normalized spacial score (nSPS) is 37.2. The van der Waals surface area contributed by atoms with Crippen LogP contribution in [0.3, 0.4) is 0 Å². The molecule has 1 aliphatic heterocycles. The highest BCUT2D eigenvalue weighted by molar-refractivity contribution is 9.02. The average molecular weight is 266 g/mol. The van der Waals surface area contributed by atoms with Crippen molar-refractivity contribution in [2.75, 3.05) is 11.5 Å². The van der Waals surface area contributed by atoms with E-state index >= 15 is 0 Å². The van der Waals surface area contributed by atoms with Crippen LogP contribution in [-0.4, -0.2) is 17.2 Å². The molecule has 2 fully saturated rings. The predicted molar refractivity (Wildman–Crippen MR) is 75.2 cm³/mol. The van der Waals surface area contributed by atoms with Gasteiger partial charge in [-0.15, -0.1) is 22.8 Å². The summed E-state index contributed by atoms with van der Waals surface area (Å²) in [7, 11) is 0. The lowest BCUT2D eigenvalue weighted by molar-refractivity contribution is 0.360. The van der Waals surface area contributed by atoms with Crippen LogP contribution in [0.25, 0.3) is 0 Å². The Morgan fingerprint density at radius 1 is 1.21 bits per heavy atom. The molecule has 1 saturated carbocycles. The largest absolute Gasteiger partial charge is 0.113 e. The van der Waals surface area contributed by atoms with Crippen molar-refractivity contribution in [1.82, 2.24) is 0 Å². The van der Waals surface area contributed by atoms with Gasteiger partial charge in [0.2, 0.25) is 0 Å². The van der Waals surface area contributed by atoms with Crippen LogP contribution in [0.15, 0.2) is 0 Å². The molecule has 0 aromatic heterocycles. The molecular weight excluding hydrogens is 247 g/mol. The first kappa shape index (κ1) is 11.8. The maximum atomic E-state index is 5.97. The van der Waals surface area contributed by atoms with E-state index in [4.69, 9.17) is 11.8 Å². The zero-order valence-corrected chi connectivity index (χ0v) is 12.1. The molecule has 0 nitrogen and oxygen atoms in total. The van der Waals surface area contributed by atoms with Crippen molar-refractivity contribution in [2.45, 2.75) is 44.7 Å². The molecule has 0 N–H and O–H groups in total. The molecule has 0 radical (unpaired) electrons. The highest BCUT2D eigenvalue weighted by Crippen LogP contribution is 2.79. The molecule has 0 spiro atoms. The number of rotatable bonds is 2. The molecule has 2 unspecified atom stereocenters. The lowest BCUT2D eigenvalue weighted by Gasteiger charge is -2.36. The van der Waals surface area contributed by atoms with E-state index in [9.17, 15) is 0 Å². The van der Waals surface area contributed by atoms with Crippen LogP contribution in [0, 0.1) is 5.92 Å². The molecule has 0 aromatic rings. The summed E-state index contributed by atoms with van der Waals surface area (Å²) < 4.78 is -1.05. The SMILES string of the molecule is CCC1CCCCC1P1(=S)SCCS1. The van der Waals surface area contributed by atoms with E-state index in [0.29, 0.717) is 0 Å². The van der Waals surface area contributed by atoms with Gasteiger partial charge in [0, 0.05) is 17.2 Å². The van der Waals surface area contributed by atoms with Crippen LogP contribution in [0.1, 0.15) is 39.0 Å². The summed E-state index contributed by atoms with van der Waals surface area (Å²) in [6, 6.07) is 0. The minimum Gasteiger partial charge on any atom is -0.113 e. The van der Waals surface area contributed by atoms with Crippen molar-refractivity contribution in [1.29, 1.82) is 0 Å². The van der Waals surface area contributed by atoms with E-state index in [0.717, 1.165) is 11.6 Å². The summed E-state index contributed by atoms with van der Waals surface area (Å²) >= 11 is 10.3. The van der Waals surface area contributed by atoms with Crippen molar-refractivity contribution >= 4 is 39.0 Å². The van der Waals surface area contributed by atoms with Gasteiger partial charge in [-0.25, -0.2) is 0 Å². The Morgan fingerprint density at radius 2 is 1.86 bits per heavy atom. The van der Waals surface area contributed by atoms with Crippen molar-refractivity contribution < 1.29 is 0 Å². The maximum absolute atomic E-state index is 5.97. The fourth-order valence-corrected chi connectivity index (χ4v) is 15.7. The molecule has 0 aromatic carbocycles. The second-order valence-corrected chi connectivity index (χ2v) is 16.1. The molecule has 2 atom stereocenters. The number of hydrogen-bond acceptors (Lipinski definition) is 3. The summed E-state index contributed by atoms with van der Waals surface area (Å²) in [5.74, 6) is 3.62. The summed E-state index contributed by atoms with van der Waals surface area (Å²) in [5.41, 5.74) is 0.925. The first-order chi connectivity index (χ1) is 6.76. The third-order valence-corrected chi connectivity index (χ3v) is 16.2. The third-order valence-electron chi connectivity index (χ3n) is 3.43. The van der Waals surface area contributed by atoms with Crippen LogP contribution < -0.4 is 0 Å². The summed E-state index contributed by atoms with van der Waals surface area (Å²) in [4.78, 5) is 0. The Labute approximate surface area is 101 Å². The van der Waals surface area contributed by atoms with Crippen LogP contribution in [0.2, 0.25) is 0 Å². The second kappa shape index (κ2) is 5.12. The fraction of sp³-hybridized carbons (Fsp3) is 1.00. The van der Waals surface area contributed by atoms with Crippen LogP contribution >= 0.6 is 27.2 Å². The molecule has 0 bridgehead atoms. The smallest absolute Gasteiger partial charge is 0.0605 e. The fourth-order valence-electron chi connectivity index (χ4n) is 2.64. The van der Waals surface area contributed by atoms with Gasteiger partial charge in [0.05, 0.1) is 4.44 Å². The van der Waals surface area contributed by atoms with Crippen LogP contribution in [0.5, 0.6) is 0 Å². The lowest BCUT2D eigenvalue weighted by Crippen LogP contribution is -2.22. The molecule has 2 rings (SSSR count). The van der Waals surface area contributed by atoms with Crippen molar-refractivity contribution in [2.24, 2.45) is 5.92 Å². The second-order valence-electron chi connectivity index (χ2n) is 4.23. The molecule has 1 aliphatic carbocycles. The molecular formula is C10H19PS3. The summed E-state index contributed by atoms with van der Waals surface area (Å²) in [6.07, 6.45) is 7.17. The summed E-state index contributed by atoms with van der Waals surface area (Å²) in [6.45, 7) is 2.36. The molecule has 0 amide bonds. The Morgan fingerprint density at radius 3 is 2.50 bits per heavy atom. The van der Waals surface area contributed by atoms with Crippen molar-refractivity contribution in [3.05, 3.63) is 0 Å². The first-order valence-corrected chi connectivity index (χ1v) is 11.7. The molecule has 1 heterocycles. The topological polar surface area (TPSA) is 0 Å². The zero-order chi connectivity index (χ0) is 10.0. The highest BCUT2D eigenvalue weighted by atomic mass is 33.2. The van der Waals surface area contributed by atoms with E-state index < -0.39 is 4.44 Å². The highest BCUT2D eigenvalue weighted by Gasteiger charge is 2.38. The van der Waals surface area contributed by atoms with Gasteiger partial charge in [-0.2, -0.15) is 0 Å². The predicted octanol–water partition coefficient (Wildman–Crippen LogP) is 4.74. The lowest BCUT2D eigenvalue weighted by atomic mass is 9.87. The Bertz CT molecular complexity index is 232. The van der Waals surface area contributed by atoms with E-state index in [1.165, 1.54) is 43.6 Å². The molecule has 82 valence electrons. The molecule has 1 saturated heterocycles. The molecule has 4 heteroatoms. The van der Waals surface area contributed by atoms with Crippen molar-refractivity contribution in [3.63, 3.8) is 0 Å². The monoisotopic (exact) mass is 266 g/mol. The van der Waals surface area contributed by atoms with Gasteiger partial charge in [-0.3, -0.25) is 0 Å². The van der Waals surface area contributed by atoms with Gasteiger partial charge >= 0.3 is 0 Å². The Balaban J connectivity index is 2.09. The number of hydrogen-bond donors (Lipinski definition) is 0. The van der Waals surface area contributed by atoms with Crippen molar-refractivity contribution in [3.8, 4) is 0 Å². The quantitative estimate of drug-likeness (QED) is 0.662. The van der Waals surface area contributed by atoms with E-state index in [1.807, 2.05) is 0 Å². The maximum Gasteiger partial charge on any atom is 0.0605 e. The van der Waals surface area contributed by atoms with E-state index in [-0.39, 0.29) is 0 Å². The molecule has 2 aliphatic rings. The van der Waals surface area contributed by atoms with Gasteiger partial charge < -0.3 is 0 Å². The zero-order valence-electron chi connectivity index (χ0n) is 8.78. The minimum absolute atomic E-state index is 0.925. The van der Waals surface area contributed by atoms with Gasteiger partial charge in [0.25, 0.3) is 0 Å². The average Bonchev–Trinajstić information content (AvgIpc) is 2.66. The van der Waals surface area contributed by atoms with Crippen LogP contribution in [0.4, 0.5) is 0 Å². The van der Waals surface area contributed by atoms with Gasteiger partial charge in [-0.1, -0.05) is 38.0 Å². The van der Waals surface area contributed by atoms with Gasteiger partial charge in [0.1, 0.15) is 0 Å². The molecule has 14 heavy (non-hydrogen) atoms. The first-order valence-electron chi connectivity index (χ1n) is 5.65. The van der Waals surface area contributed by atoms with Gasteiger partial charge in [0.15, 0.2) is 0 Å². The van der Waals surface area contributed by atoms with E-state index in [1.54, 1.807) is 0 Å². The third kappa shape index (κ3) is 2.36. The standard InChI is InChI=1S/C10H19PS3/c1-2-9-5-3-4-6-10(9)11(12)13-7-8-14-11/h9-10H,2-8H2,1H3. The Kier molecular flexibility index (Phi) is 4.32. The van der Waals surface area contributed by atoms with Gasteiger partial charge in [-0.05, 0) is 18.8 Å². The van der Waals surface area contributed by atoms with Crippen LogP contribution in [-0.2, 0) is 11.8 Å². The summed E-state index contributed by atoms with van der Waals surface area (Å²) in [5, 5.41) is 0. The van der Waals surface area contributed by atoms with E-state index in [2.05, 4.69) is 29.7 Å². The minimum atomic E-state index is -1.05.